The first-order chi connectivity index (χ1) is 16.7. The third-order valence-corrected chi connectivity index (χ3v) is 7.25. The van der Waals surface area contributed by atoms with E-state index in [-0.39, 0.29) is 32.3 Å². The summed E-state index contributed by atoms with van der Waals surface area (Å²) in [4.78, 5) is 45.5. The van der Waals surface area contributed by atoms with Gasteiger partial charge in [-0.25, -0.2) is 14.2 Å². The van der Waals surface area contributed by atoms with Gasteiger partial charge in [-0.1, -0.05) is 49.4 Å². The smallest absolute Gasteiger partial charge is 0.350 e. The van der Waals surface area contributed by atoms with Crippen LogP contribution in [0.4, 0.5) is 9.52 Å². The first kappa shape index (κ1) is 22.9. The Bertz CT molecular complexity index is 1550. The van der Waals surface area contributed by atoms with Crippen molar-refractivity contribution >= 4 is 39.3 Å². The lowest BCUT2D eigenvalue weighted by molar-refractivity contribution is 0.0605. The molecule has 0 saturated heterocycles. The second-order valence-corrected chi connectivity index (χ2v) is 9.59. The number of rotatable bonds is 4. The molecule has 0 N–H and O–H groups in total. The first-order valence-corrected chi connectivity index (χ1v) is 11.8. The highest BCUT2D eigenvalue weighted by molar-refractivity contribution is 7.17. The summed E-state index contributed by atoms with van der Waals surface area (Å²) in [6.45, 7) is 5.78. The highest BCUT2D eigenvalue weighted by atomic mass is 32.1. The molecule has 4 aromatic rings. The number of anilines is 1. The van der Waals surface area contributed by atoms with E-state index in [1.54, 1.807) is 6.92 Å². The van der Waals surface area contributed by atoms with Gasteiger partial charge in [0.05, 0.1) is 29.8 Å². The first-order valence-electron chi connectivity index (χ1n) is 11.0. The van der Waals surface area contributed by atoms with Crippen LogP contribution >= 0.6 is 11.3 Å². The molecule has 0 radical (unpaired) electrons. The van der Waals surface area contributed by atoms with Crippen molar-refractivity contribution in [2.24, 2.45) is 0 Å². The van der Waals surface area contributed by atoms with Crippen molar-refractivity contribution < 1.29 is 23.1 Å². The number of aromatic nitrogens is 1. The average molecular weight is 493 g/mol. The molecule has 1 unspecified atom stereocenters. The van der Waals surface area contributed by atoms with Crippen LogP contribution in [0.3, 0.4) is 0 Å². The number of halogens is 1. The molecule has 1 atom stereocenters. The summed E-state index contributed by atoms with van der Waals surface area (Å²) in [5, 5.41) is 0.277. The molecule has 0 bridgehead atoms. The number of thiazole rings is 1. The SMILES string of the molecule is COC(=O)c1sc(N2C(=O)c3oc4ccc(F)cc4c(=O)c3C2c2ccc(C(C)C)cc2)nc1C. The Kier molecular flexibility index (Phi) is 5.52. The minimum absolute atomic E-state index is 0.0489. The van der Waals surface area contributed by atoms with E-state index in [0.29, 0.717) is 17.2 Å². The summed E-state index contributed by atoms with van der Waals surface area (Å²) >= 11 is 0.999. The third kappa shape index (κ3) is 3.63. The van der Waals surface area contributed by atoms with E-state index < -0.39 is 29.2 Å². The number of nitrogens with zero attached hydrogens (tertiary/aromatic N) is 2. The summed E-state index contributed by atoms with van der Waals surface area (Å²) in [5.41, 5.74) is 1.90. The van der Waals surface area contributed by atoms with Crippen LogP contribution in [0.15, 0.2) is 51.7 Å². The highest BCUT2D eigenvalue weighted by Gasteiger charge is 2.45. The minimum Gasteiger partial charge on any atom is -0.465 e. The monoisotopic (exact) mass is 492 g/mol. The molecule has 9 heteroatoms. The zero-order valence-corrected chi connectivity index (χ0v) is 20.2. The van der Waals surface area contributed by atoms with Crippen molar-refractivity contribution in [3.63, 3.8) is 0 Å². The van der Waals surface area contributed by atoms with Gasteiger partial charge in [0.1, 0.15) is 16.3 Å². The summed E-state index contributed by atoms with van der Waals surface area (Å²) in [7, 11) is 1.27. The van der Waals surface area contributed by atoms with Crippen LogP contribution in [0.1, 0.15) is 68.4 Å². The van der Waals surface area contributed by atoms with E-state index in [4.69, 9.17) is 9.15 Å². The number of fused-ring (bicyclic) bond motifs is 2. The Labute approximate surface area is 203 Å². The molecule has 3 heterocycles. The fourth-order valence-corrected chi connectivity index (χ4v) is 5.30. The highest BCUT2D eigenvalue weighted by Crippen LogP contribution is 2.43. The fraction of sp³-hybridized carbons (Fsp3) is 0.231. The summed E-state index contributed by atoms with van der Waals surface area (Å²) in [6, 6.07) is 10.3. The van der Waals surface area contributed by atoms with Gasteiger partial charge in [0.25, 0.3) is 5.91 Å². The molecular formula is C26H21FN2O5S. The molecular weight excluding hydrogens is 471 g/mol. The minimum atomic E-state index is -0.862. The number of carbonyl (C=O) groups is 2. The van der Waals surface area contributed by atoms with E-state index in [1.165, 1.54) is 24.1 Å². The normalized spacial score (nSPS) is 15.2. The maximum Gasteiger partial charge on any atom is 0.350 e. The van der Waals surface area contributed by atoms with Crippen molar-refractivity contribution in [2.45, 2.75) is 32.7 Å². The molecule has 35 heavy (non-hydrogen) atoms. The number of benzene rings is 2. The van der Waals surface area contributed by atoms with Crippen molar-refractivity contribution in [2.75, 3.05) is 12.0 Å². The maximum absolute atomic E-state index is 14.0. The molecule has 0 spiro atoms. The van der Waals surface area contributed by atoms with Crippen LogP contribution < -0.4 is 10.3 Å². The number of aryl methyl sites for hydroxylation is 1. The second kappa shape index (κ2) is 8.42. The number of methoxy groups -OCH3 is 1. The van der Waals surface area contributed by atoms with Crippen molar-refractivity contribution in [3.8, 4) is 0 Å². The van der Waals surface area contributed by atoms with Gasteiger partial charge in [0.2, 0.25) is 5.76 Å². The summed E-state index contributed by atoms with van der Waals surface area (Å²) in [5.74, 6) is -1.55. The fourth-order valence-electron chi connectivity index (χ4n) is 4.29. The van der Waals surface area contributed by atoms with Gasteiger partial charge < -0.3 is 9.15 Å². The summed E-state index contributed by atoms with van der Waals surface area (Å²) < 4.78 is 24.7. The number of hydrogen-bond acceptors (Lipinski definition) is 7. The maximum atomic E-state index is 14.0. The van der Waals surface area contributed by atoms with E-state index in [2.05, 4.69) is 18.8 Å². The number of ether oxygens (including phenoxy) is 1. The van der Waals surface area contributed by atoms with Crippen LogP contribution in [0, 0.1) is 12.7 Å². The number of carbonyl (C=O) groups excluding carboxylic acids is 2. The van der Waals surface area contributed by atoms with E-state index in [0.717, 1.165) is 23.0 Å². The molecule has 1 amide bonds. The molecule has 178 valence electrons. The Balaban J connectivity index is 1.76. The molecule has 2 aromatic heterocycles. The average Bonchev–Trinajstić information content (AvgIpc) is 3.36. The van der Waals surface area contributed by atoms with Crippen molar-refractivity contribution in [3.05, 3.63) is 91.5 Å². The van der Waals surface area contributed by atoms with Crippen LogP contribution in [0.2, 0.25) is 0 Å². The van der Waals surface area contributed by atoms with Gasteiger partial charge in [-0.15, -0.1) is 0 Å². The van der Waals surface area contributed by atoms with E-state index in [9.17, 15) is 18.8 Å². The van der Waals surface area contributed by atoms with Crippen LogP contribution in [-0.2, 0) is 4.74 Å². The molecule has 1 aliphatic heterocycles. The lowest BCUT2D eigenvalue weighted by atomic mass is 9.95. The molecule has 0 saturated carbocycles. The molecule has 7 nitrogen and oxygen atoms in total. The van der Waals surface area contributed by atoms with Gasteiger partial charge in [0, 0.05) is 0 Å². The van der Waals surface area contributed by atoms with Crippen LogP contribution in [0.25, 0.3) is 11.0 Å². The number of hydrogen-bond donors (Lipinski definition) is 0. The van der Waals surface area contributed by atoms with Gasteiger partial charge in [-0.3, -0.25) is 14.5 Å². The van der Waals surface area contributed by atoms with Crippen LogP contribution in [-0.4, -0.2) is 24.0 Å². The van der Waals surface area contributed by atoms with Gasteiger partial charge >= 0.3 is 5.97 Å². The zero-order chi connectivity index (χ0) is 25.0. The molecule has 0 fully saturated rings. The van der Waals surface area contributed by atoms with E-state index in [1.807, 2.05) is 24.3 Å². The van der Waals surface area contributed by atoms with Crippen molar-refractivity contribution in [1.29, 1.82) is 0 Å². The van der Waals surface area contributed by atoms with E-state index >= 15 is 0 Å². The predicted octanol–water partition coefficient (Wildman–Crippen LogP) is 5.36. The standard InChI is InChI=1S/C26H21FN2O5S/c1-12(2)14-5-7-15(8-6-14)20-19-21(30)17-11-16(27)9-10-18(17)34-22(19)24(31)29(20)26-28-13(3)23(35-26)25(32)33-4/h5-12,20H,1-4H3. The Morgan fingerprint density at radius 1 is 1.17 bits per heavy atom. The lowest BCUT2D eigenvalue weighted by Gasteiger charge is -2.23. The van der Waals surface area contributed by atoms with Gasteiger partial charge in [0.15, 0.2) is 10.6 Å². The van der Waals surface area contributed by atoms with Gasteiger partial charge in [-0.2, -0.15) is 0 Å². The molecule has 1 aliphatic rings. The number of amides is 1. The molecule has 0 aliphatic carbocycles. The van der Waals surface area contributed by atoms with Gasteiger partial charge in [-0.05, 0) is 42.2 Å². The van der Waals surface area contributed by atoms with Crippen LogP contribution in [0.5, 0.6) is 0 Å². The quantitative estimate of drug-likeness (QED) is 0.357. The third-order valence-electron chi connectivity index (χ3n) is 6.11. The Morgan fingerprint density at radius 3 is 2.54 bits per heavy atom. The summed E-state index contributed by atoms with van der Waals surface area (Å²) in [6.07, 6.45) is 0. The Hall–Kier alpha value is -3.85. The van der Waals surface area contributed by atoms with Crippen molar-refractivity contribution in [1.82, 2.24) is 4.98 Å². The Morgan fingerprint density at radius 2 is 1.89 bits per heavy atom. The predicted molar refractivity (Wildman–Crippen MR) is 130 cm³/mol. The molecule has 2 aromatic carbocycles. The topological polar surface area (TPSA) is 89.7 Å². The zero-order valence-electron chi connectivity index (χ0n) is 19.4. The largest absolute Gasteiger partial charge is 0.465 e. The number of esters is 1. The second-order valence-electron chi connectivity index (χ2n) is 8.62. The lowest BCUT2D eigenvalue weighted by Crippen LogP contribution is -2.29. The molecule has 5 rings (SSSR count).